The van der Waals surface area contributed by atoms with E-state index in [1.165, 1.54) is 97.0 Å². The molecule has 0 N–H and O–H groups in total. The fourth-order valence-electron chi connectivity index (χ4n) is 3.91. The van der Waals surface area contributed by atoms with Crippen molar-refractivity contribution in [1.29, 1.82) is 0 Å². The van der Waals surface area contributed by atoms with E-state index in [2.05, 4.69) is 18.6 Å². The van der Waals surface area contributed by atoms with E-state index in [4.69, 9.17) is 13.6 Å². The second kappa shape index (κ2) is 24.1. The Kier molecular flexibility index (Phi) is 24.0. The number of phosphoric acid groups is 1. The second-order valence-corrected chi connectivity index (χ2v) is 12.3. The van der Waals surface area contributed by atoms with Crippen LogP contribution in [0.25, 0.3) is 0 Å². The minimum Gasteiger partial charge on any atom is -0.437 e. The zero-order chi connectivity index (χ0) is 26.2. The number of phosphoric ester groups is 1. The Hall–Kier alpha value is -0.230. The third-order valence-corrected chi connectivity index (χ3v) is 9.08. The van der Waals surface area contributed by atoms with Crippen molar-refractivity contribution in [2.75, 3.05) is 19.5 Å². The molecule has 0 saturated heterocycles. The summed E-state index contributed by atoms with van der Waals surface area (Å²) in [5.74, 6) is 1.06. The lowest BCUT2D eigenvalue weighted by Gasteiger charge is -2.27. The highest BCUT2D eigenvalue weighted by atomic mass is 32.2. The number of unbranched alkanes of at least 4 members (excludes halogenated alkanes) is 13. The first-order valence-corrected chi connectivity index (χ1v) is 16.7. The van der Waals surface area contributed by atoms with Gasteiger partial charge in [-0.2, -0.15) is 11.8 Å². The lowest BCUT2D eigenvalue weighted by Crippen LogP contribution is -2.24. The molecule has 3 unspecified atom stereocenters. The van der Waals surface area contributed by atoms with Gasteiger partial charge in [0, 0.05) is 5.25 Å². The maximum atomic E-state index is 13.1. The average molecular weight is 539 g/mol. The Morgan fingerprint density at radius 1 is 0.771 bits per heavy atom. The van der Waals surface area contributed by atoms with Crippen molar-refractivity contribution in [3.63, 3.8) is 0 Å². The molecule has 0 bridgehead atoms. The highest BCUT2D eigenvalue weighted by molar-refractivity contribution is 7.99. The quantitative estimate of drug-likeness (QED) is 0.0650. The van der Waals surface area contributed by atoms with Crippen LogP contribution >= 0.6 is 19.6 Å². The molecule has 0 amide bonds. The molecule has 0 saturated carbocycles. The minimum atomic E-state index is -4.03. The Bertz CT molecular complexity index is 534. The topological polar surface area (TPSA) is 71.1 Å². The fraction of sp³-hybridized carbons (Fsp3) is 0.963. The summed E-state index contributed by atoms with van der Waals surface area (Å²) in [6, 6.07) is 0. The van der Waals surface area contributed by atoms with Crippen molar-refractivity contribution < 1.29 is 27.7 Å². The molecule has 0 aliphatic carbocycles. The van der Waals surface area contributed by atoms with E-state index in [-0.39, 0.29) is 18.0 Å². The Labute approximate surface area is 221 Å². The number of rotatable bonds is 25. The number of ether oxygens (including phenoxy) is 1. The van der Waals surface area contributed by atoms with Crippen LogP contribution in [-0.4, -0.2) is 37.0 Å². The van der Waals surface area contributed by atoms with E-state index in [1.807, 2.05) is 25.6 Å². The van der Waals surface area contributed by atoms with Gasteiger partial charge in [0.2, 0.25) is 0 Å². The highest BCUT2D eigenvalue weighted by Crippen LogP contribution is 2.52. The van der Waals surface area contributed by atoms with Crippen LogP contribution in [0.15, 0.2) is 0 Å². The summed E-state index contributed by atoms with van der Waals surface area (Å²) in [6.45, 7) is 8.48. The molecule has 0 aromatic rings. The van der Waals surface area contributed by atoms with E-state index < -0.39 is 14.0 Å². The molecule has 6 nitrogen and oxygen atoms in total. The zero-order valence-corrected chi connectivity index (χ0v) is 25.1. The number of methoxy groups -OCH3 is 1. The number of thioether (sulfide) groups is 1. The first-order valence-electron chi connectivity index (χ1n) is 14.2. The number of carbonyl (C=O) groups excluding carboxylic acids is 1. The van der Waals surface area contributed by atoms with Crippen molar-refractivity contribution in [2.24, 2.45) is 0 Å². The van der Waals surface area contributed by atoms with Crippen LogP contribution in [0.2, 0.25) is 0 Å². The lowest BCUT2D eigenvalue weighted by atomic mass is 10.1. The first kappa shape index (κ1) is 34.8. The maximum Gasteiger partial charge on any atom is 0.534 e. The summed E-state index contributed by atoms with van der Waals surface area (Å²) in [5, 5.41) is 0.176. The Morgan fingerprint density at radius 3 is 1.80 bits per heavy atom. The van der Waals surface area contributed by atoms with Gasteiger partial charge in [-0.15, -0.1) is 0 Å². The largest absolute Gasteiger partial charge is 0.534 e. The molecule has 0 aromatic heterocycles. The van der Waals surface area contributed by atoms with E-state index in [9.17, 15) is 9.36 Å². The molecule has 0 spiro atoms. The number of carbonyl (C=O) groups is 1. The molecule has 8 heteroatoms. The Morgan fingerprint density at radius 2 is 1.29 bits per heavy atom. The maximum absolute atomic E-state index is 13.1. The van der Waals surface area contributed by atoms with Crippen LogP contribution in [0.1, 0.15) is 137 Å². The van der Waals surface area contributed by atoms with E-state index in [0.29, 0.717) is 6.42 Å². The van der Waals surface area contributed by atoms with Gasteiger partial charge in [0.25, 0.3) is 0 Å². The van der Waals surface area contributed by atoms with Gasteiger partial charge in [-0.3, -0.25) is 9.05 Å². The summed E-state index contributed by atoms with van der Waals surface area (Å²) in [7, 11) is -2.85. The Balaban J connectivity index is 4.68. The monoisotopic (exact) mass is 538 g/mol. The van der Waals surface area contributed by atoms with Crippen LogP contribution in [-0.2, 0) is 22.9 Å². The van der Waals surface area contributed by atoms with Gasteiger partial charge in [-0.05, 0) is 31.9 Å². The van der Waals surface area contributed by atoms with Gasteiger partial charge in [0.1, 0.15) is 0 Å². The van der Waals surface area contributed by atoms with Gasteiger partial charge in [-0.25, -0.2) is 9.36 Å². The molecule has 0 fully saturated rings. The first-order chi connectivity index (χ1) is 16.9. The average Bonchev–Trinajstić information content (AvgIpc) is 2.84. The predicted molar refractivity (Wildman–Crippen MR) is 149 cm³/mol. The van der Waals surface area contributed by atoms with E-state index in [1.54, 1.807) is 0 Å². The third kappa shape index (κ3) is 20.5. The van der Waals surface area contributed by atoms with Crippen molar-refractivity contribution in [3.8, 4) is 0 Å². The van der Waals surface area contributed by atoms with Gasteiger partial charge in [-0.1, -0.05) is 111 Å². The van der Waals surface area contributed by atoms with Crippen LogP contribution < -0.4 is 0 Å². The summed E-state index contributed by atoms with van der Waals surface area (Å²) >= 11 is 1.89. The molecule has 210 valence electrons. The summed E-state index contributed by atoms with van der Waals surface area (Å²) in [5.41, 5.74) is 0. The highest BCUT2D eigenvalue weighted by Gasteiger charge is 2.36. The van der Waals surface area contributed by atoms with Crippen molar-refractivity contribution in [2.45, 2.75) is 148 Å². The second-order valence-electron chi connectivity index (χ2n) is 9.43. The van der Waals surface area contributed by atoms with Crippen LogP contribution in [0.3, 0.4) is 0 Å². The number of hydrogen-bond donors (Lipinski definition) is 0. The standard InChI is InChI=1S/C27H55O6PS/c1-6-9-11-13-15-16-17-19-21-24-35-26(22-20-18-14-12-10-7-2)25(4)32-34(29,31-23-8-3)33-27(28)30-5/h25-26H,6-24H2,1-5H3. The van der Waals surface area contributed by atoms with E-state index >= 15 is 0 Å². The number of hydrogen-bond acceptors (Lipinski definition) is 7. The molecule has 35 heavy (non-hydrogen) atoms. The van der Waals surface area contributed by atoms with Gasteiger partial charge >= 0.3 is 14.0 Å². The summed E-state index contributed by atoms with van der Waals surface area (Å²) in [6.07, 6.45) is 19.4. The van der Waals surface area contributed by atoms with E-state index in [0.717, 1.165) is 18.6 Å². The molecular weight excluding hydrogens is 483 g/mol. The lowest BCUT2D eigenvalue weighted by molar-refractivity contribution is 0.0669. The normalized spacial score (nSPS) is 14.9. The zero-order valence-electron chi connectivity index (χ0n) is 23.4. The van der Waals surface area contributed by atoms with Gasteiger partial charge < -0.3 is 9.26 Å². The minimum absolute atomic E-state index is 0.176. The fourth-order valence-corrected chi connectivity index (χ4v) is 6.70. The molecule has 0 radical (unpaired) electrons. The van der Waals surface area contributed by atoms with Crippen LogP contribution in [0.5, 0.6) is 0 Å². The van der Waals surface area contributed by atoms with Crippen LogP contribution in [0.4, 0.5) is 4.79 Å². The van der Waals surface area contributed by atoms with Crippen molar-refractivity contribution in [1.82, 2.24) is 0 Å². The molecule has 0 aliphatic rings. The molecule has 0 rings (SSSR count). The van der Waals surface area contributed by atoms with Crippen LogP contribution in [0, 0.1) is 0 Å². The van der Waals surface area contributed by atoms with Gasteiger partial charge in [0.05, 0.1) is 19.8 Å². The smallest absolute Gasteiger partial charge is 0.437 e. The predicted octanol–water partition coefficient (Wildman–Crippen LogP) is 10.1. The molecule has 0 aromatic carbocycles. The molecule has 3 atom stereocenters. The molecular formula is C27H55O6PS. The van der Waals surface area contributed by atoms with Crippen molar-refractivity contribution >= 4 is 25.7 Å². The third-order valence-electron chi connectivity index (χ3n) is 6.05. The summed E-state index contributed by atoms with van der Waals surface area (Å²) < 4.78 is 33.7. The van der Waals surface area contributed by atoms with Crippen molar-refractivity contribution in [3.05, 3.63) is 0 Å². The SMILES string of the molecule is CCCCCCCCCCCSC(CCCCCCCC)C(C)OP(=O)(OCCC)OC(=O)OC. The molecule has 0 heterocycles. The van der Waals surface area contributed by atoms with Gasteiger partial charge in [0.15, 0.2) is 0 Å². The molecule has 0 aliphatic heterocycles. The summed E-state index contributed by atoms with van der Waals surface area (Å²) in [4.78, 5) is 11.6.